The lowest BCUT2D eigenvalue weighted by Crippen LogP contribution is -2.00. The van der Waals surface area contributed by atoms with Crippen molar-refractivity contribution in [3.63, 3.8) is 0 Å². The second kappa shape index (κ2) is 10.7. The standard InChI is InChI=1S/C30H24FN3O2/c31-26-18-24(12-14-29(26)36-20-22-9-5-2-6-10-22)23-11-13-28(35-19-21-7-3-1-4-8-21)25(17-23)27-15-16-33-30(32)34-27/h1-18H,19-20H2,(H2,32,33,34). The van der Waals surface area contributed by atoms with Gasteiger partial charge in [-0.2, -0.15) is 0 Å². The Hall–Kier alpha value is -4.71. The summed E-state index contributed by atoms with van der Waals surface area (Å²) in [5, 5.41) is 0. The van der Waals surface area contributed by atoms with Crippen LogP contribution in [0.1, 0.15) is 11.1 Å². The van der Waals surface area contributed by atoms with Crippen LogP contribution < -0.4 is 15.2 Å². The molecule has 6 heteroatoms. The van der Waals surface area contributed by atoms with Gasteiger partial charge in [-0.3, -0.25) is 0 Å². The molecule has 1 aromatic heterocycles. The highest BCUT2D eigenvalue weighted by atomic mass is 19.1. The lowest BCUT2D eigenvalue weighted by molar-refractivity contribution is 0.290. The van der Waals surface area contributed by atoms with Crippen molar-refractivity contribution in [2.75, 3.05) is 5.73 Å². The predicted molar refractivity (Wildman–Crippen MR) is 139 cm³/mol. The number of rotatable bonds is 8. The number of hydrogen-bond donors (Lipinski definition) is 1. The molecule has 5 nitrogen and oxygen atoms in total. The fourth-order valence-electron chi connectivity index (χ4n) is 3.83. The van der Waals surface area contributed by atoms with E-state index in [2.05, 4.69) is 9.97 Å². The van der Waals surface area contributed by atoms with E-state index in [0.29, 0.717) is 30.2 Å². The van der Waals surface area contributed by atoms with E-state index in [4.69, 9.17) is 15.2 Å². The van der Waals surface area contributed by atoms with Crippen LogP contribution in [0, 0.1) is 5.82 Å². The van der Waals surface area contributed by atoms with Gasteiger partial charge in [0, 0.05) is 11.8 Å². The molecule has 0 aliphatic heterocycles. The Morgan fingerprint density at radius 2 is 1.25 bits per heavy atom. The summed E-state index contributed by atoms with van der Waals surface area (Å²) in [5.41, 5.74) is 10.7. The van der Waals surface area contributed by atoms with Crippen LogP contribution in [0.2, 0.25) is 0 Å². The largest absolute Gasteiger partial charge is 0.488 e. The van der Waals surface area contributed by atoms with E-state index in [1.165, 1.54) is 6.07 Å². The maximum Gasteiger partial charge on any atom is 0.220 e. The Morgan fingerprint density at radius 1 is 0.667 bits per heavy atom. The number of ether oxygens (including phenoxy) is 2. The van der Waals surface area contributed by atoms with Crippen LogP contribution in [-0.2, 0) is 13.2 Å². The highest BCUT2D eigenvalue weighted by Crippen LogP contribution is 2.35. The molecule has 5 aromatic rings. The van der Waals surface area contributed by atoms with Crippen LogP contribution in [0.15, 0.2) is 109 Å². The van der Waals surface area contributed by atoms with Crippen LogP contribution in [0.4, 0.5) is 10.3 Å². The van der Waals surface area contributed by atoms with Crippen molar-refractivity contribution in [3.8, 4) is 33.9 Å². The summed E-state index contributed by atoms with van der Waals surface area (Å²) in [5.74, 6) is 0.580. The summed E-state index contributed by atoms with van der Waals surface area (Å²) in [6.45, 7) is 0.694. The molecular weight excluding hydrogens is 453 g/mol. The summed E-state index contributed by atoms with van der Waals surface area (Å²) in [7, 11) is 0. The first-order valence-corrected chi connectivity index (χ1v) is 11.5. The molecule has 0 radical (unpaired) electrons. The number of benzene rings is 4. The number of nitrogens with zero attached hydrogens (tertiary/aromatic N) is 2. The van der Waals surface area contributed by atoms with Gasteiger partial charge in [-0.1, -0.05) is 72.8 Å². The molecule has 1 heterocycles. The minimum atomic E-state index is -0.430. The highest BCUT2D eigenvalue weighted by molar-refractivity contribution is 5.76. The summed E-state index contributed by atoms with van der Waals surface area (Å²) in [6.07, 6.45) is 1.60. The van der Waals surface area contributed by atoms with Gasteiger partial charge in [0.2, 0.25) is 5.95 Å². The molecule has 0 saturated heterocycles. The second-order valence-electron chi connectivity index (χ2n) is 8.20. The van der Waals surface area contributed by atoms with Crippen molar-refractivity contribution in [2.45, 2.75) is 13.2 Å². The minimum absolute atomic E-state index is 0.165. The Morgan fingerprint density at radius 3 is 1.86 bits per heavy atom. The second-order valence-corrected chi connectivity index (χ2v) is 8.20. The average molecular weight is 478 g/mol. The lowest BCUT2D eigenvalue weighted by atomic mass is 10.0. The molecule has 0 unspecified atom stereocenters. The van der Waals surface area contributed by atoms with E-state index in [1.54, 1.807) is 18.3 Å². The number of halogens is 1. The van der Waals surface area contributed by atoms with Crippen LogP contribution in [0.3, 0.4) is 0 Å². The fourth-order valence-corrected chi connectivity index (χ4v) is 3.83. The van der Waals surface area contributed by atoms with E-state index < -0.39 is 5.82 Å². The van der Waals surface area contributed by atoms with Gasteiger partial charge in [-0.05, 0) is 52.6 Å². The van der Waals surface area contributed by atoms with E-state index in [9.17, 15) is 4.39 Å². The van der Waals surface area contributed by atoms with Crippen LogP contribution >= 0.6 is 0 Å². The van der Waals surface area contributed by atoms with Gasteiger partial charge in [-0.25, -0.2) is 14.4 Å². The molecule has 4 aromatic carbocycles. The van der Waals surface area contributed by atoms with E-state index in [0.717, 1.165) is 22.3 Å². The van der Waals surface area contributed by atoms with Crippen molar-refractivity contribution in [1.82, 2.24) is 9.97 Å². The van der Waals surface area contributed by atoms with Crippen molar-refractivity contribution in [3.05, 3.63) is 126 Å². The first-order valence-electron chi connectivity index (χ1n) is 11.5. The van der Waals surface area contributed by atoms with E-state index >= 15 is 0 Å². The van der Waals surface area contributed by atoms with Crippen molar-refractivity contribution in [1.29, 1.82) is 0 Å². The molecule has 5 rings (SSSR count). The first-order chi connectivity index (χ1) is 17.7. The van der Waals surface area contributed by atoms with Crippen LogP contribution in [-0.4, -0.2) is 9.97 Å². The smallest absolute Gasteiger partial charge is 0.220 e. The highest BCUT2D eigenvalue weighted by Gasteiger charge is 2.13. The Balaban J connectivity index is 1.43. The molecule has 0 fully saturated rings. The first kappa shape index (κ1) is 23.1. The molecule has 2 N–H and O–H groups in total. The molecule has 36 heavy (non-hydrogen) atoms. The van der Waals surface area contributed by atoms with Crippen molar-refractivity contribution >= 4 is 5.95 Å². The summed E-state index contributed by atoms with van der Waals surface area (Å²) in [4.78, 5) is 8.36. The van der Waals surface area contributed by atoms with Gasteiger partial charge in [-0.15, -0.1) is 0 Å². The molecule has 0 bridgehead atoms. The summed E-state index contributed by atoms with van der Waals surface area (Å²) in [6, 6.07) is 32.0. The summed E-state index contributed by atoms with van der Waals surface area (Å²) >= 11 is 0. The van der Waals surface area contributed by atoms with Gasteiger partial charge in [0.25, 0.3) is 0 Å². The maximum atomic E-state index is 14.9. The molecule has 0 spiro atoms. The maximum absolute atomic E-state index is 14.9. The van der Waals surface area contributed by atoms with Gasteiger partial charge in [0.15, 0.2) is 11.6 Å². The zero-order valence-electron chi connectivity index (χ0n) is 19.5. The Labute approximate surface area is 209 Å². The van der Waals surface area contributed by atoms with Crippen LogP contribution in [0.5, 0.6) is 11.5 Å². The van der Waals surface area contributed by atoms with Gasteiger partial charge in [0.1, 0.15) is 19.0 Å². The normalized spacial score (nSPS) is 10.7. The van der Waals surface area contributed by atoms with Gasteiger partial charge < -0.3 is 15.2 Å². The summed E-state index contributed by atoms with van der Waals surface area (Å²) < 4.78 is 26.7. The molecule has 0 aliphatic rings. The number of nitrogen functional groups attached to an aromatic ring is 1. The quantitative estimate of drug-likeness (QED) is 0.270. The fraction of sp³-hybridized carbons (Fsp3) is 0.0667. The van der Waals surface area contributed by atoms with Crippen LogP contribution in [0.25, 0.3) is 22.4 Å². The van der Waals surface area contributed by atoms with Crippen molar-refractivity contribution < 1.29 is 13.9 Å². The molecule has 0 saturated carbocycles. The molecule has 0 atom stereocenters. The monoisotopic (exact) mass is 477 g/mol. The zero-order valence-corrected chi connectivity index (χ0v) is 19.5. The molecular formula is C30H24FN3O2. The Kier molecular flexibility index (Phi) is 6.85. The van der Waals surface area contributed by atoms with Gasteiger partial charge in [0.05, 0.1) is 5.69 Å². The third kappa shape index (κ3) is 5.50. The topological polar surface area (TPSA) is 70.3 Å². The third-order valence-electron chi connectivity index (χ3n) is 5.67. The molecule has 178 valence electrons. The van der Waals surface area contributed by atoms with E-state index in [1.807, 2.05) is 84.9 Å². The van der Waals surface area contributed by atoms with Crippen molar-refractivity contribution in [2.24, 2.45) is 0 Å². The molecule has 0 amide bonds. The predicted octanol–water partition coefficient (Wildman–Crippen LogP) is 6.69. The lowest BCUT2D eigenvalue weighted by Gasteiger charge is -2.14. The number of aromatic nitrogens is 2. The minimum Gasteiger partial charge on any atom is -0.488 e. The number of nitrogens with two attached hydrogens (primary N) is 1. The number of hydrogen-bond acceptors (Lipinski definition) is 5. The van der Waals surface area contributed by atoms with Gasteiger partial charge >= 0.3 is 0 Å². The number of anilines is 1. The average Bonchev–Trinajstić information content (AvgIpc) is 2.92. The SMILES string of the molecule is Nc1nccc(-c2cc(-c3ccc(OCc4ccccc4)c(F)c3)ccc2OCc2ccccc2)n1. The van der Waals surface area contributed by atoms with E-state index in [-0.39, 0.29) is 11.7 Å². The Bertz CT molecular complexity index is 1460. The third-order valence-corrected chi connectivity index (χ3v) is 5.67. The molecule has 0 aliphatic carbocycles. The zero-order chi connectivity index (χ0) is 24.7.